The first-order valence-electron chi connectivity index (χ1n) is 5.61. The van der Waals surface area contributed by atoms with Crippen molar-refractivity contribution in [1.82, 2.24) is 4.90 Å². The Balaban J connectivity index is 4.01. The molecule has 1 amide bonds. The van der Waals surface area contributed by atoms with Crippen LogP contribution in [-0.2, 0) is 9.59 Å². The second-order valence-electron chi connectivity index (χ2n) is 3.88. The van der Waals surface area contributed by atoms with Crippen molar-refractivity contribution in [3.05, 3.63) is 0 Å². The van der Waals surface area contributed by atoms with E-state index < -0.39 is 12.1 Å². The Bertz CT molecular complexity index is 231. The van der Waals surface area contributed by atoms with Gasteiger partial charge in [-0.25, -0.2) is 4.39 Å². The van der Waals surface area contributed by atoms with E-state index in [1.54, 1.807) is 0 Å². The van der Waals surface area contributed by atoms with E-state index in [-0.39, 0.29) is 18.9 Å². The minimum Gasteiger partial charge on any atom is -0.480 e. The van der Waals surface area contributed by atoms with Gasteiger partial charge in [-0.15, -0.1) is 0 Å². The van der Waals surface area contributed by atoms with Crippen molar-refractivity contribution in [3.8, 4) is 0 Å². The van der Waals surface area contributed by atoms with E-state index in [4.69, 9.17) is 5.11 Å². The van der Waals surface area contributed by atoms with Gasteiger partial charge in [-0.05, 0) is 26.2 Å². The lowest BCUT2D eigenvalue weighted by molar-refractivity contribution is -0.144. The Morgan fingerprint density at radius 2 is 2.06 bits per heavy atom. The molecule has 0 aliphatic rings. The number of alkyl halides is 1. The van der Waals surface area contributed by atoms with Crippen molar-refractivity contribution in [2.24, 2.45) is 0 Å². The molecule has 1 atom stereocenters. The molecule has 0 aliphatic heterocycles. The Hall–Kier alpha value is -1.13. The van der Waals surface area contributed by atoms with Gasteiger partial charge in [0, 0.05) is 13.0 Å². The predicted molar refractivity (Wildman–Crippen MR) is 58.9 cm³/mol. The van der Waals surface area contributed by atoms with Gasteiger partial charge >= 0.3 is 5.97 Å². The van der Waals surface area contributed by atoms with Crippen LogP contribution in [-0.4, -0.2) is 41.1 Å². The molecule has 0 heterocycles. The number of carboxylic acid groups (broad SMARTS) is 1. The number of carbonyl (C=O) groups is 2. The molecule has 4 nitrogen and oxygen atoms in total. The van der Waals surface area contributed by atoms with Gasteiger partial charge in [-0.3, -0.25) is 9.59 Å². The summed E-state index contributed by atoms with van der Waals surface area (Å²) in [5.74, 6) is -1.22. The normalized spacial score (nSPS) is 12.2. The average molecular weight is 233 g/mol. The van der Waals surface area contributed by atoms with Gasteiger partial charge in [-0.2, -0.15) is 0 Å². The van der Waals surface area contributed by atoms with Crippen LogP contribution in [0.5, 0.6) is 0 Å². The summed E-state index contributed by atoms with van der Waals surface area (Å²) in [6, 6.07) is 0. The standard InChI is InChI=1S/C11H20FNO3/c1-3-7-13(8-11(15)16)10(14)6-4-5-9(2)12/h9H,3-8H2,1-2H3,(H,15,16). The van der Waals surface area contributed by atoms with E-state index >= 15 is 0 Å². The first-order chi connectivity index (χ1) is 7.47. The minimum absolute atomic E-state index is 0.204. The van der Waals surface area contributed by atoms with Crippen molar-refractivity contribution in [2.45, 2.75) is 45.7 Å². The molecule has 94 valence electrons. The molecular formula is C11H20FNO3. The van der Waals surface area contributed by atoms with E-state index in [9.17, 15) is 14.0 Å². The fraction of sp³-hybridized carbons (Fsp3) is 0.818. The number of carboxylic acids is 1. The fourth-order valence-electron chi connectivity index (χ4n) is 1.42. The lowest BCUT2D eigenvalue weighted by Gasteiger charge is -2.19. The molecule has 0 fully saturated rings. The molecule has 16 heavy (non-hydrogen) atoms. The number of rotatable bonds is 8. The molecule has 0 aliphatic carbocycles. The van der Waals surface area contributed by atoms with Gasteiger partial charge in [0.2, 0.25) is 5.91 Å². The number of carbonyl (C=O) groups excluding carboxylic acids is 1. The van der Waals surface area contributed by atoms with Crippen LogP contribution in [0.25, 0.3) is 0 Å². The number of aliphatic carboxylic acids is 1. The second-order valence-corrected chi connectivity index (χ2v) is 3.88. The van der Waals surface area contributed by atoms with E-state index in [1.807, 2.05) is 6.92 Å². The molecule has 1 unspecified atom stereocenters. The average Bonchev–Trinajstić information content (AvgIpc) is 2.15. The molecule has 0 aromatic rings. The number of hydrogen-bond acceptors (Lipinski definition) is 2. The van der Waals surface area contributed by atoms with Gasteiger partial charge in [0.05, 0.1) is 6.17 Å². The zero-order chi connectivity index (χ0) is 12.6. The Labute approximate surface area is 95.4 Å². The summed E-state index contributed by atoms with van der Waals surface area (Å²) in [5, 5.41) is 8.62. The first kappa shape index (κ1) is 14.9. The molecule has 5 heteroatoms. The predicted octanol–water partition coefficient (Wildman–Crippen LogP) is 1.84. The molecule has 0 radical (unpaired) electrons. The van der Waals surface area contributed by atoms with Crippen LogP contribution in [0.2, 0.25) is 0 Å². The molecule has 1 N–H and O–H groups in total. The number of amides is 1. The maximum absolute atomic E-state index is 12.5. The third kappa shape index (κ3) is 7.20. The monoisotopic (exact) mass is 233 g/mol. The van der Waals surface area contributed by atoms with Crippen molar-refractivity contribution < 1.29 is 19.1 Å². The van der Waals surface area contributed by atoms with Crippen LogP contribution in [0.3, 0.4) is 0 Å². The molecule has 0 aromatic carbocycles. The highest BCUT2D eigenvalue weighted by atomic mass is 19.1. The van der Waals surface area contributed by atoms with E-state index in [0.717, 1.165) is 6.42 Å². The number of nitrogens with zero attached hydrogens (tertiary/aromatic N) is 1. The Morgan fingerprint density at radius 3 is 2.50 bits per heavy atom. The third-order valence-electron chi connectivity index (χ3n) is 2.16. The molecule has 0 saturated heterocycles. The summed E-state index contributed by atoms with van der Waals surface area (Å²) in [5.41, 5.74) is 0. The molecular weight excluding hydrogens is 213 g/mol. The molecule has 0 aromatic heterocycles. The Morgan fingerprint density at radius 1 is 1.44 bits per heavy atom. The molecule has 0 rings (SSSR count). The maximum Gasteiger partial charge on any atom is 0.323 e. The molecule has 0 bridgehead atoms. The SMILES string of the molecule is CCCN(CC(=O)O)C(=O)CCCC(C)F. The van der Waals surface area contributed by atoms with Gasteiger partial charge in [-0.1, -0.05) is 6.92 Å². The molecule has 0 saturated carbocycles. The smallest absolute Gasteiger partial charge is 0.323 e. The lowest BCUT2D eigenvalue weighted by Crippen LogP contribution is -2.36. The van der Waals surface area contributed by atoms with Gasteiger partial charge in [0.15, 0.2) is 0 Å². The van der Waals surface area contributed by atoms with Gasteiger partial charge in [0.1, 0.15) is 6.54 Å². The highest BCUT2D eigenvalue weighted by molar-refractivity contribution is 5.81. The lowest BCUT2D eigenvalue weighted by atomic mass is 10.1. The van der Waals surface area contributed by atoms with Crippen molar-refractivity contribution >= 4 is 11.9 Å². The summed E-state index contributed by atoms with van der Waals surface area (Å²) < 4.78 is 12.5. The summed E-state index contributed by atoms with van der Waals surface area (Å²) in [6.07, 6.45) is 0.849. The van der Waals surface area contributed by atoms with Gasteiger partial charge in [0.25, 0.3) is 0 Å². The molecule has 0 spiro atoms. The van der Waals surface area contributed by atoms with Gasteiger partial charge < -0.3 is 10.0 Å². The third-order valence-corrected chi connectivity index (χ3v) is 2.16. The summed E-state index contributed by atoms with van der Waals surface area (Å²) in [6.45, 7) is 3.51. The second kappa shape index (κ2) is 8.07. The summed E-state index contributed by atoms with van der Waals surface area (Å²) >= 11 is 0. The van der Waals surface area contributed by atoms with E-state index in [2.05, 4.69) is 0 Å². The zero-order valence-electron chi connectivity index (χ0n) is 9.91. The fourth-order valence-corrected chi connectivity index (χ4v) is 1.42. The van der Waals surface area contributed by atoms with Crippen LogP contribution in [0.4, 0.5) is 4.39 Å². The largest absolute Gasteiger partial charge is 0.480 e. The van der Waals surface area contributed by atoms with Crippen LogP contribution in [0, 0.1) is 0 Å². The van der Waals surface area contributed by atoms with Crippen molar-refractivity contribution in [3.63, 3.8) is 0 Å². The van der Waals surface area contributed by atoms with E-state index in [0.29, 0.717) is 19.4 Å². The van der Waals surface area contributed by atoms with Crippen LogP contribution < -0.4 is 0 Å². The number of halogens is 1. The van der Waals surface area contributed by atoms with Crippen molar-refractivity contribution in [1.29, 1.82) is 0 Å². The zero-order valence-corrected chi connectivity index (χ0v) is 9.91. The first-order valence-corrected chi connectivity index (χ1v) is 5.61. The highest BCUT2D eigenvalue weighted by Crippen LogP contribution is 2.06. The number of hydrogen-bond donors (Lipinski definition) is 1. The summed E-state index contributed by atoms with van der Waals surface area (Å²) in [7, 11) is 0. The van der Waals surface area contributed by atoms with Crippen molar-refractivity contribution in [2.75, 3.05) is 13.1 Å². The topological polar surface area (TPSA) is 57.6 Å². The minimum atomic E-state index is -1.01. The summed E-state index contributed by atoms with van der Waals surface area (Å²) in [4.78, 5) is 23.4. The van der Waals surface area contributed by atoms with E-state index in [1.165, 1.54) is 11.8 Å². The van der Waals surface area contributed by atoms with Crippen LogP contribution >= 0.6 is 0 Å². The van der Waals surface area contributed by atoms with Crippen LogP contribution in [0.1, 0.15) is 39.5 Å². The Kier molecular flexibility index (Phi) is 7.50. The van der Waals surface area contributed by atoms with Crippen LogP contribution in [0.15, 0.2) is 0 Å². The maximum atomic E-state index is 12.5. The highest BCUT2D eigenvalue weighted by Gasteiger charge is 2.15. The quantitative estimate of drug-likeness (QED) is 0.696.